The van der Waals surface area contributed by atoms with E-state index in [0.29, 0.717) is 25.3 Å². The Hall–Kier alpha value is -2.30. The third-order valence-electron chi connectivity index (χ3n) is 3.30. The van der Waals surface area contributed by atoms with Gasteiger partial charge in [0.2, 0.25) is 0 Å². The van der Waals surface area contributed by atoms with E-state index in [9.17, 15) is 4.79 Å². The number of aromatic amines is 1. The molecule has 0 spiro atoms. The molecule has 0 saturated carbocycles. The Morgan fingerprint density at radius 2 is 2.26 bits per heavy atom. The zero-order valence-corrected chi connectivity index (χ0v) is 10.7. The average Bonchev–Trinajstić information content (AvgIpc) is 2.73. The lowest BCUT2D eigenvalue weighted by Gasteiger charge is -2.19. The highest BCUT2D eigenvalue weighted by molar-refractivity contribution is 5.95. The minimum absolute atomic E-state index is 0.00782. The summed E-state index contributed by atoms with van der Waals surface area (Å²) in [5, 5.41) is 6.70. The first-order valence-corrected chi connectivity index (χ1v) is 6.25. The lowest BCUT2D eigenvalue weighted by molar-refractivity contribution is 0.0732. The van der Waals surface area contributed by atoms with Crippen molar-refractivity contribution in [3.63, 3.8) is 0 Å². The molecule has 3 rings (SSSR count). The second kappa shape index (κ2) is 4.76. The predicted molar refractivity (Wildman–Crippen MR) is 70.0 cm³/mol. The lowest BCUT2D eigenvalue weighted by Crippen LogP contribution is -2.32. The van der Waals surface area contributed by atoms with Crippen molar-refractivity contribution >= 4 is 5.91 Å². The van der Waals surface area contributed by atoms with E-state index in [1.165, 1.54) is 0 Å². The fourth-order valence-corrected chi connectivity index (χ4v) is 2.24. The van der Waals surface area contributed by atoms with Gasteiger partial charge in [-0.15, -0.1) is 0 Å². The number of carbonyl (C=O) groups is 1. The highest BCUT2D eigenvalue weighted by atomic mass is 16.5. The molecule has 1 amide bonds. The number of hydrogen-bond acceptors (Lipinski definition) is 3. The van der Waals surface area contributed by atoms with Crippen molar-refractivity contribution in [1.82, 2.24) is 15.1 Å². The van der Waals surface area contributed by atoms with Gasteiger partial charge in [-0.1, -0.05) is 18.2 Å². The van der Waals surface area contributed by atoms with Gasteiger partial charge in [0.15, 0.2) is 0 Å². The molecule has 0 unspecified atom stereocenters. The minimum atomic E-state index is -0.00782. The number of fused-ring (bicyclic) bond motifs is 1. The van der Waals surface area contributed by atoms with Crippen LogP contribution in [0.4, 0.5) is 0 Å². The van der Waals surface area contributed by atoms with Crippen LogP contribution < -0.4 is 4.74 Å². The van der Waals surface area contributed by atoms with Gasteiger partial charge in [0, 0.05) is 17.8 Å². The Morgan fingerprint density at radius 3 is 3.05 bits per heavy atom. The number of aryl methyl sites for hydroxylation is 1. The van der Waals surface area contributed by atoms with Crippen LogP contribution in [0.25, 0.3) is 0 Å². The molecular weight excluding hydrogens is 242 g/mol. The van der Waals surface area contributed by atoms with Gasteiger partial charge in [-0.3, -0.25) is 9.89 Å². The average molecular weight is 257 g/mol. The number of para-hydroxylation sites is 1. The van der Waals surface area contributed by atoms with E-state index < -0.39 is 0 Å². The number of nitrogens with zero attached hydrogens (tertiary/aromatic N) is 2. The fraction of sp³-hybridized carbons (Fsp3) is 0.286. The van der Waals surface area contributed by atoms with E-state index in [-0.39, 0.29) is 5.91 Å². The van der Waals surface area contributed by atoms with Crippen molar-refractivity contribution < 1.29 is 9.53 Å². The minimum Gasteiger partial charge on any atom is -0.491 e. The van der Waals surface area contributed by atoms with Gasteiger partial charge < -0.3 is 9.64 Å². The number of benzene rings is 1. The highest BCUT2D eigenvalue weighted by Gasteiger charge is 2.22. The molecule has 5 nitrogen and oxygen atoms in total. The largest absolute Gasteiger partial charge is 0.491 e. The second-order valence-corrected chi connectivity index (χ2v) is 4.59. The Balaban J connectivity index is 1.87. The van der Waals surface area contributed by atoms with Crippen LogP contribution in [0.15, 0.2) is 30.5 Å². The quantitative estimate of drug-likeness (QED) is 0.846. The van der Waals surface area contributed by atoms with E-state index in [1.54, 1.807) is 11.1 Å². The molecule has 1 aliphatic rings. The first-order valence-electron chi connectivity index (χ1n) is 6.25. The number of nitrogens with one attached hydrogen (secondary N) is 1. The molecule has 1 aliphatic heterocycles. The maximum atomic E-state index is 12.5. The van der Waals surface area contributed by atoms with E-state index in [4.69, 9.17) is 4.74 Å². The van der Waals surface area contributed by atoms with Crippen LogP contribution in [-0.4, -0.2) is 34.2 Å². The van der Waals surface area contributed by atoms with E-state index in [0.717, 1.165) is 17.0 Å². The molecule has 2 heterocycles. The van der Waals surface area contributed by atoms with E-state index in [2.05, 4.69) is 10.2 Å². The molecular formula is C14H15N3O2. The molecule has 0 saturated heterocycles. The molecule has 1 aromatic heterocycles. The first kappa shape index (κ1) is 11.8. The molecule has 1 aromatic carbocycles. The molecule has 0 aliphatic carbocycles. The molecule has 2 aromatic rings. The molecule has 19 heavy (non-hydrogen) atoms. The predicted octanol–water partition coefficient (Wildman–Crippen LogP) is 1.75. The van der Waals surface area contributed by atoms with Crippen molar-refractivity contribution in [2.24, 2.45) is 0 Å². The van der Waals surface area contributed by atoms with Crippen molar-refractivity contribution in [2.45, 2.75) is 13.5 Å². The second-order valence-electron chi connectivity index (χ2n) is 4.59. The summed E-state index contributed by atoms with van der Waals surface area (Å²) in [6, 6.07) is 7.82. The van der Waals surface area contributed by atoms with Gasteiger partial charge in [-0.25, -0.2) is 0 Å². The summed E-state index contributed by atoms with van der Waals surface area (Å²) >= 11 is 0. The van der Waals surface area contributed by atoms with Crippen LogP contribution in [0.3, 0.4) is 0 Å². The Morgan fingerprint density at radius 1 is 1.42 bits per heavy atom. The number of carbonyl (C=O) groups excluding carboxylic acids is 1. The summed E-state index contributed by atoms with van der Waals surface area (Å²) in [5.41, 5.74) is 2.46. The third kappa shape index (κ3) is 2.19. The normalized spacial score (nSPS) is 14.5. The summed E-state index contributed by atoms with van der Waals surface area (Å²) in [6.45, 7) is 3.51. The van der Waals surface area contributed by atoms with E-state index in [1.807, 2.05) is 31.2 Å². The Bertz CT molecular complexity index is 606. The van der Waals surface area contributed by atoms with Crippen molar-refractivity contribution in [3.8, 4) is 5.75 Å². The van der Waals surface area contributed by atoms with Crippen molar-refractivity contribution in [1.29, 1.82) is 0 Å². The van der Waals surface area contributed by atoms with Gasteiger partial charge in [-0.05, 0) is 13.0 Å². The molecule has 0 fully saturated rings. The van der Waals surface area contributed by atoms with Crippen LogP contribution in [0.2, 0.25) is 0 Å². The number of ether oxygens (including phenoxy) is 1. The van der Waals surface area contributed by atoms with Gasteiger partial charge in [0.1, 0.15) is 12.4 Å². The number of hydrogen-bond donors (Lipinski definition) is 1. The molecule has 0 atom stereocenters. The molecule has 98 valence electrons. The Labute approximate surface area is 111 Å². The maximum absolute atomic E-state index is 12.5. The molecule has 0 bridgehead atoms. The van der Waals surface area contributed by atoms with Crippen molar-refractivity contribution in [2.75, 3.05) is 13.2 Å². The highest BCUT2D eigenvalue weighted by Crippen LogP contribution is 2.23. The Kier molecular flexibility index (Phi) is 2.95. The van der Waals surface area contributed by atoms with E-state index >= 15 is 0 Å². The summed E-state index contributed by atoms with van der Waals surface area (Å²) < 4.78 is 5.66. The van der Waals surface area contributed by atoms with Crippen LogP contribution in [-0.2, 0) is 6.54 Å². The first-order chi connectivity index (χ1) is 9.25. The summed E-state index contributed by atoms with van der Waals surface area (Å²) in [7, 11) is 0. The zero-order valence-electron chi connectivity index (χ0n) is 10.7. The zero-order chi connectivity index (χ0) is 13.2. The number of H-pyrrole nitrogens is 1. The molecule has 5 heteroatoms. The topological polar surface area (TPSA) is 58.2 Å². The lowest BCUT2D eigenvalue weighted by atomic mass is 10.1. The molecule has 1 N–H and O–H groups in total. The summed E-state index contributed by atoms with van der Waals surface area (Å²) in [5.74, 6) is 0.855. The monoisotopic (exact) mass is 257 g/mol. The standard InChI is InChI=1S/C14H15N3O2/c1-10-12(8-15-16-10)14(18)17-6-7-19-13-5-3-2-4-11(13)9-17/h2-5,8H,6-7,9H2,1H3,(H,15,16). The number of aromatic nitrogens is 2. The maximum Gasteiger partial charge on any atom is 0.257 e. The van der Waals surface area contributed by atoms with Crippen LogP contribution in [0.5, 0.6) is 5.75 Å². The van der Waals surface area contributed by atoms with Gasteiger partial charge in [0.05, 0.1) is 18.3 Å². The van der Waals surface area contributed by atoms with Crippen molar-refractivity contribution in [3.05, 3.63) is 47.3 Å². The fourth-order valence-electron chi connectivity index (χ4n) is 2.24. The number of amides is 1. The smallest absolute Gasteiger partial charge is 0.257 e. The van der Waals surface area contributed by atoms with Gasteiger partial charge >= 0.3 is 0 Å². The van der Waals surface area contributed by atoms with Crippen LogP contribution >= 0.6 is 0 Å². The summed E-state index contributed by atoms with van der Waals surface area (Å²) in [6.07, 6.45) is 1.58. The molecule has 0 radical (unpaired) electrons. The summed E-state index contributed by atoms with van der Waals surface area (Å²) in [4.78, 5) is 14.2. The van der Waals surface area contributed by atoms with Crippen LogP contribution in [0.1, 0.15) is 21.6 Å². The number of rotatable bonds is 1. The SMILES string of the molecule is Cc1[nH]ncc1C(=O)N1CCOc2ccccc2C1. The van der Waals surface area contributed by atoms with Gasteiger partial charge in [-0.2, -0.15) is 5.10 Å². The van der Waals surface area contributed by atoms with Gasteiger partial charge in [0.25, 0.3) is 5.91 Å². The third-order valence-corrected chi connectivity index (χ3v) is 3.30. The van der Waals surface area contributed by atoms with Crippen LogP contribution in [0, 0.1) is 6.92 Å².